The molecular formula is C19H16BrN5O2. The van der Waals surface area contributed by atoms with Crippen LogP contribution in [0.5, 0.6) is 0 Å². The molecule has 1 amide bonds. The van der Waals surface area contributed by atoms with Gasteiger partial charge in [0.25, 0.3) is 5.56 Å². The first-order chi connectivity index (χ1) is 13.1. The number of carbonyl (C=O) groups excluding carboxylic acids is 1. The molecule has 0 radical (unpaired) electrons. The molecule has 8 heteroatoms. The summed E-state index contributed by atoms with van der Waals surface area (Å²) < 4.78 is 4.19. The van der Waals surface area contributed by atoms with Crippen LogP contribution in [0.15, 0.2) is 64.0 Å². The third-order valence-electron chi connectivity index (χ3n) is 4.33. The van der Waals surface area contributed by atoms with Gasteiger partial charge in [-0.1, -0.05) is 33.3 Å². The zero-order valence-electron chi connectivity index (χ0n) is 14.3. The van der Waals surface area contributed by atoms with Gasteiger partial charge in [0.15, 0.2) is 0 Å². The summed E-state index contributed by atoms with van der Waals surface area (Å²) in [5.41, 5.74) is 1.30. The lowest BCUT2D eigenvalue weighted by atomic mass is 10.2. The summed E-state index contributed by atoms with van der Waals surface area (Å²) in [7, 11) is 0. The number of fused-ring (bicyclic) bond motifs is 2. The fourth-order valence-corrected chi connectivity index (χ4v) is 3.38. The first-order valence-corrected chi connectivity index (χ1v) is 9.25. The molecule has 7 nitrogen and oxygen atoms in total. The topological polar surface area (TPSA) is 81.8 Å². The quantitative estimate of drug-likeness (QED) is 0.531. The maximum absolute atomic E-state index is 12.4. The van der Waals surface area contributed by atoms with E-state index in [2.05, 4.69) is 42.2 Å². The molecule has 0 saturated heterocycles. The van der Waals surface area contributed by atoms with E-state index in [0.29, 0.717) is 24.0 Å². The lowest BCUT2D eigenvalue weighted by Crippen LogP contribution is -2.35. The molecule has 2 aromatic carbocycles. The van der Waals surface area contributed by atoms with Crippen LogP contribution < -0.4 is 10.9 Å². The number of carbonyl (C=O) groups is 1. The van der Waals surface area contributed by atoms with Crippen molar-refractivity contribution in [1.29, 1.82) is 0 Å². The second kappa shape index (κ2) is 7.32. The molecule has 0 aliphatic rings. The molecule has 0 aliphatic carbocycles. The number of hydrogen-bond donors (Lipinski definition) is 1. The van der Waals surface area contributed by atoms with E-state index in [-0.39, 0.29) is 18.0 Å². The molecule has 0 unspecified atom stereocenters. The Bertz CT molecular complexity index is 1200. The number of aromatic nitrogens is 4. The number of nitrogens with one attached hydrogen (secondary N) is 1. The van der Waals surface area contributed by atoms with E-state index in [9.17, 15) is 9.59 Å². The van der Waals surface area contributed by atoms with Crippen LogP contribution in [0.2, 0.25) is 0 Å². The summed E-state index contributed by atoms with van der Waals surface area (Å²) in [6.45, 7) is 0.930. The van der Waals surface area contributed by atoms with Gasteiger partial charge >= 0.3 is 0 Å². The van der Waals surface area contributed by atoms with E-state index >= 15 is 0 Å². The van der Waals surface area contributed by atoms with E-state index < -0.39 is 0 Å². The summed E-state index contributed by atoms with van der Waals surface area (Å²) in [5.74, 6) is -0.277. The molecule has 0 fully saturated rings. The van der Waals surface area contributed by atoms with Crippen LogP contribution in [0.3, 0.4) is 0 Å². The van der Waals surface area contributed by atoms with Crippen molar-refractivity contribution in [2.45, 2.75) is 13.1 Å². The lowest BCUT2D eigenvalue weighted by molar-refractivity contribution is -0.121. The highest BCUT2D eigenvalue weighted by molar-refractivity contribution is 9.10. The van der Waals surface area contributed by atoms with Crippen molar-refractivity contribution in [3.05, 3.63) is 69.6 Å². The van der Waals surface area contributed by atoms with Gasteiger partial charge in [0.1, 0.15) is 12.1 Å². The fourth-order valence-electron chi connectivity index (χ4n) is 3.00. The average Bonchev–Trinajstić information content (AvgIpc) is 3.06. The Balaban J connectivity index is 1.40. The van der Waals surface area contributed by atoms with Crippen molar-refractivity contribution >= 4 is 43.6 Å². The van der Waals surface area contributed by atoms with E-state index in [0.717, 1.165) is 20.1 Å². The Morgan fingerprint density at radius 1 is 1.15 bits per heavy atom. The monoisotopic (exact) mass is 425 g/mol. The van der Waals surface area contributed by atoms with E-state index in [1.807, 2.05) is 24.4 Å². The van der Waals surface area contributed by atoms with Crippen LogP contribution >= 0.6 is 15.9 Å². The minimum Gasteiger partial charge on any atom is -0.353 e. The number of halogens is 1. The van der Waals surface area contributed by atoms with Crippen LogP contribution in [0.1, 0.15) is 0 Å². The van der Waals surface area contributed by atoms with Crippen LogP contribution in [-0.4, -0.2) is 32.0 Å². The van der Waals surface area contributed by atoms with Gasteiger partial charge in [0.05, 0.1) is 5.39 Å². The highest BCUT2D eigenvalue weighted by atomic mass is 79.9. The van der Waals surface area contributed by atoms with Crippen molar-refractivity contribution in [3.8, 4) is 0 Å². The minimum atomic E-state index is -0.322. The molecule has 0 bridgehead atoms. The van der Waals surface area contributed by atoms with Gasteiger partial charge in [-0.2, -0.15) is 0 Å². The summed E-state index contributed by atoms with van der Waals surface area (Å²) in [6, 6.07) is 15.0. The Morgan fingerprint density at radius 3 is 2.89 bits per heavy atom. The fraction of sp³-hybridized carbons (Fsp3) is 0.158. The molecule has 4 aromatic rings. The highest BCUT2D eigenvalue weighted by Crippen LogP contribution is 2.20. The second-order valence-corrected chi connectivity index (χ2v) is 7.05. The van der Waals surface area contributed by atoms with Gasteiger partial charge in [-0.15, -0.1) is 5.10 Å². The average molecular weight is 426 g/mol. The van der Waals surface area contributed by atoms with Crippen molar-refractivity contribution in [3.63, 3.8) is 0 Å². The largest absolute Gasteiger partial charge is 0.353 e. The van der Waals surface area contributed by atoms with Crippen LogP contribution in [0.25, 0.3) is 21.8 Å². The molecule has 0 spiro atoms. The molecule has 2 aromatic heterocycles. The maximum Gasteiger partial charge on any atom is 0.278 e. The van der Waals surface area contributed by atoms with Gasteiger partial charge in [-0.3, -0.25) is 9.59 Å². The number of nitrogens with zero attached hydrogens (tertiary/aromatic N) is 4. The maximum atomic E-state index is 12.4. The molecule has 2 heterocycles. The summed E-state index contributed by atoms with van der Waals surface area (Å²) >= 11 is 3.46. The molecule has 4 rings (SSSR count). The first kappa shape index (κ1) is 17.4. The third kappa shape index (κ3) is 3.61. The molecule has 0 aliphatic heterocycles. The predicted octanol–water partition coefficient (Wildman–Crippen LogP) is 2.33. The number of rotatable bonds is 5. The van der Waals surface area contributed by atoms with Gasteiger partial charge in [0, 0.05) is 34.7 Å². The predicted molar refractivity (Wildman–Crippen MR) is 106 cm³/mol. The van der Waals surface area contributed by atoms with E-state index in [1.165, 1.54) is 0 Å². The Kier molecular flexibility index (Phi) is 4.72. The highest BCUT2D eigenvalue weighted by Gasteiger charge is 2.09. The van der Waals surface area contributed by atoms with Crippen molar-refractivity contribution in [2.24, 2.45) is 0 Å². The molecule has 136 valence electrons. The van der Waals surface area contributed by atoms with E-state index in [4.69, 9.17) is 0 Å². The molecule has 0 atom stereocenters. The number of hydrogen-bond acceptors (Lipinski definition) is 4. The Labute approximate surface area is 162 Å². The van der Waals surface area contributed by atoms with Crippen molar-refractivity contribution < 1.29 is 4.79 Å². The SMILES string of the molecule is O=C(Cn1nnc2ccccc2c1=O)NCCn1ccc2cc(Br)ccc21. The smallest absolute Gasteiger partial charge is 0.278 e. The van der Waals surface area contributed by atoms with Crippen molar-refractivity contribution in [1.82, 2.24) is 24.9 Å². The van der Waals surface area contributed by atoms with Crippen molar-refractivity contribution in [2.75, 3.05) is 6.54 Å². The standard InChI is InChI=1S/C19H16BrN5O2/c20-14-5-6-17-13(11-14)7-9-24(17)10-8-21-18(26)12-25-19(27)15-3-1-2-4-16(15)22-23-25/h1-7,9,11H,8,10,12H2,(H,21,26). The first-order valence-electron chi connectivity index (χ1n) is 8.45. The van der Waals surface area contributed by atoms with Crippen LogP contribution in [-0.2, 0) is 17.9 Å². The van der Waals surface area contributed by atoms with Gasteiger partial charge in [0.2, 0.25) is 5.91 Å². The summed E-state index contributed by atoms with van der Waals surface area (Å²) in [5, 5.41) is 12.2. The third-order valence-corrected chi connectivity index (χ3v) is 4.82. The number of benzene rings is 2. The van der Waals surface area contributed by atoms with Crippen LogP contribution in [0, 0.1) is 0 Å². The second-order valence-electron chi connectivity index (χ2n) is 6.13. The Morgan fingerprint density at radius 2 is 2.00 bits per heavy atom. The van der Waals surface area contributed by atoms with Gasteiger partial charge in [-0.05, 0) is 36.4 Å². The number of amides is 1. The Hall–Kier alpha value is -3.00. The molecule has 27 heavy (non-hydrogen) atoms. The molecule has 1 N–H and O–H groups in total. The summed E-state index contributed by atoms with van der Waals surface area (Å²) in [6.07, 6.45) is 1.99. The zero-order valence-corrected chi connectivity index (χ0v) is 15.9. The zero-order chi connectivity index (χ0) is 18.8. The lowest BCUT2D eigenvalue weighted by Gasteiger charge is -2.08. The van der Waals surface area contributed by atoms with Crippen LogP contribution in [0.4, 0.5) is 0 Å². The van der Waals surface area contributed by atoms with Gasteiger partial charge < -0.3 is 9.88 Å². The normalized spacial score (nSPS) is 11.1. The van der Waals surface area contributed by atoms with E-state index in [1.54, 1.807) is 24.3 Å². The molecule has 0 saturated carbocycles. The summed E-state index contributed by atoms with van der Waals surface area (Å²) in [4.78, 5) is 24.6. The molecular weight excluding hydrogens is 410 g/mol. The minimum absolute atomic E-state index is 0.157. The van der Waals surface area contributed by atoms with Gasteiger partial charge in [-0.25, -0.2) is 4.68 Å².